The van der Waals surface area contributed by atoms with E-state index in [4.69, 9.17) is 0 Å². The molecule has 2 aromatic heterocycles. The molecule has 9 nitrogen and oxygen atoms in total. The highest BCUT2D eigenvalue weighted by molar-refractivity contribution is 5.96. The summed E-state index contributed by atoms with van der Waals surface area (Å²) in [4.78, 5) is 28.8. The molecule has 4 heterocycles. The number of amides is 1. The van der Waals surface area contributed by atoms with Gasteiger partial charge >= 0.3 is 0 Å². The van der Waals surface area contributed by atoms with E-state index in [2.05, 4.69) is 15.1 Å². The summed E-state index contributed by atoms with van der Waals surface area (Å²) >= 11 is 0. The summed E-state index contributed by atoms with van der Waals surface area (Å²) in [6, 6.07) is 10.4. The van der Waals surface area contributed by atoms with Crippen LogP contribution in [0, 0.1) is 10.1 Å². The SMILES string of the molecule is O=C(c1ccc(N2CCCCCC2)c([N+](=O)[O-])c1)N1CCC[C@H]1c1nnc2ccccn12. The number of aromatic nitrogens is 3. The van der Waals surface area contributed by atoms with Gasteiger partial charge in [0.1, 0.15) is 5.69 Å². The minimum absolute atomic E-state index is 0.00132. The second-order valence-corrected chi connectivity index (χ2v) is 8.51. The van der Waals surface area contributed by atoms with E-state index < -0.39 is 0 Å². The molecule has 3 aromatic rings. The summed E-state index contributed by atoms with van der Waals surface area (Å²) in [5.74, 6) is 0.521. The molecule has 1 atom stereocenters. The van der Waals surface area contributed by atoms with Crippen LogP contribution in [0.3, 0.4) is 0 Å². The molecule has 1 amide bonds. The molecular weight excluding hydrogens is 408 g/mol. The Balaban J connectivity index is 1.45. The van der Waals surface area contributed by atoms with E-state index in [1.165, 1.54) is 6.07 Å². The molecule has 0 aliphatic carbocycles. The summed E-state index contributed by atoms with van der Waals surface area (Å²) in [5, 5.41) is 20.4. The molecule has 32 heavy (non-hydrogen) atoms. The molecular formula is C23H26N6O3. The van der Waals surface area contributed by atoms with Crippen LogP contribution in [0.4, 0.5) is 11.4 Å². The molecule has 2 saturated heterocycles. The molecule has 0 spiro atoms. The third kappa shape index (κ3) is 3.68. The monoisotopic (exact) mass is 434 g/mol. The zero-order chi connectivity index (χ0) is 22.1. The third-order valence-electron chi connectivity index (χ3n) is 6.52. The number of pyridine rings is 1. The van der Waals surface area contributed by atoms with Crippen LogP contribution in [-0.2, 0) is 0 Å². The van der Waals surface area contributed by atoms with Gasteiger partial charge in [0, 0.05) is 37.5 Å². The number of nitro groups is 1. The van der Waals surface area contributed by atoms with E-state index in [1.54, 1.807) is 17.0 Å². The number of nitro benzene ring substituents is 1. The first-order chi connectivity index (χ1) is 15.6. The third-order valence-corrected chi connectivity index (χ3v) is 6.52. The van der Waals surface area contributed by atoms with Crippen LogP contribution in [0.2, 0.25) is 0 Å². The number of benzene rings is 1. The number of fused-ring (bicyclic) bond motifs is 1. The van der Waals surface area contributed by atoms with Crippen molar-refractivity contribution >= 4 is 22.9 Å². The summed E-state index contributed by atoms with van der Waals surface area (Å²) in [6.07, 6.45) is 7.89. The lowest BCUT2D eigenvalue weighted by molar-refractivity contribution is -0.384. The highest BCUT2D eigenvalue weighted by atomic mass is 16.6. The standard InChI is InChI=1S/C23H26N6O3/c30-23(27-15-7-8-19(27)22-25-24-21-9-3-6-14-28(21)22)17-10-11-18(20(16-17)29(31)32)26-12-4-1-2-5-13-26/h3,6,9-11,14,16,19H,1-2,4-5,7-8,12-13,15H2/t19-/m0/s1. The Labute approximate surface area is 185 Å². The van der Waals surface area contributed by atoms with Crippen molar-refractivity contribution in [2.24, 2.45) is 0 Å². The second-order valence-electron chi connectivity index (χ2n) is 8.51. The van der Waals surface area contributed by atoms with Gasteiger partial charge in [-0.15, -0.1) is 10.2 Å². The fourth-order valence-corrected chi connectivity index (χ4v) is 4.91. The highest BCUT2D eigenvalue weighted by Crippen LogP contribution is 2.35. The van der Waals surface area contributed by atoms with Gasteiger partial charge in [-0.25, -0.2) is 0 Å². The number of carbonyl (C=O) groups excluding carboxylic acids is 1. The minimum atomic E-state index is -0.371. The van der Waals surface area contributed by atoms with Crippen LogP contribution in [0.1, 0.15) is 60.7 Å². The van der Waals surface area contributed by atoms with E-state index in [1.807, 2.05) is 28.8 Å². The van der Waals surface area contributed by atoms with E-state index in [0.29, 0.717) is 17.8 Å². The van der Waals surface area contributed by atoms with Gasteiger partial charge in [-0.1, -0.05) is 18.9 Å². The first-order valence-corrected chi connectivity index (χ1v) is 11.3. The molecule has 0 unspecified atom stereocenters. The Hall–Kier alpha value is -3.49. The Morgan fingerprint density at radius 1 is 1.00 bits per heavy atom. The average Bonchev–Trinajstić information content (AvgIpc) is 3.37. The fraction of sp³-hybridized carbons (Fsp3) is 0.435. The Bertz CT molecular complexity index is 1150. The van der Waals surface area contributed by atoms with Crippen molar-refractivity contribution in [1.82, 2.24) is 19.5 Å². The zero-order valence-corrected chi connectivity index (χ0v) is 17.9. The van der Waals surface area contributed by atoms with Crippen LogP contribution in [-0.4, -0.2) is 50.0 Å². The smallest absolute Gasteiger partial charge is 0.293 e. The molecule has 0 bridgehead atoms. The summed E-state index contributed by atoms with van der Waals surface area (Å²) in [6.45, 7) is 2.21. The minimum Gasteiger partial charge on any atom is -0.366 e. The van der Waals surface area contributed by atoms with Crippen LogP contribution in [0.15, 0.2) is 42.6 Å². The van der Waals surface area contributed by atoms with Gasteiger partial charge in [0.15, 0.2) is 11.5 Å². The van der Waals surface area contributed by atoms with Gasteiger partial charge in [0.25, 0.3) is 11.6 Å². The summed E-state index contributed by atoms with van der Waals surface area (Å²) in [5.41, 5.74) is 1.69. The molecule has 2 aliphatic heterocycles. The lowest BCUT2D eigenvalue weighted by Crippen LogP contribution is -2.32. The Morgan fingerprint density at radius 2 is 1.81 bits per heavy atom. The van der Waals surface area contributed by atoms with Crippen LogP contribution in [0.25, 0.3) is 5.65 Å². The van der Waals surface area contributed by atoms with Gasteiger partial charge in [-0.2, -0.15) is 0 Å². The van der Waals surface area contributed by atoms with Crippen molar-refractivity contribution in [3.63, 3.8) is 0 Å². The Kier molecular flexibility index (Phi) is 5.46. The van der Waals surface area contributed by atoms with Gasteiger partial charge in [-0.3, -0.25) is 19.3 Å². The fourth-order valence-electron chi connectivity index (χ4n) is 4.91. The molecule has 0 N–H and O–H groups in total. The van der Waals surface area contributed by atoms with Crippen LogP contribution >= 0.6 is 0 Å². The van der Waals surface area contributed by atoms with E-state index in [0.717, 1.165) is 63.1 Å². The number of carbonyl (C=O) groups is 1. The van der Waals surface area contributed by atoms with Crippen molar-refractivity contribution in [3.8, 4) is 0 Å². The topological polar surface area (TPSA) is 96.9 Å². The maximum absolute atomic E-state index is 13.4. The lowest BCUT2D eigenvalue weighted by Gasteiger charge is -2.25. The van der Waals surface area contributed by atoms with Crippen LogP contribution in [0.5, 0.6) is 0 Å². The van der Waals surface area contributed by atoms with Gasteiger partial charge in [0.05, 0.1) is 11.0 Å². The van der Waals surface area contributed by atoms with Gasteiger partial charge in [-0.05, 0) is 49.9 Å². The number of likely N-dealkylation sites (tertiary alicyclic amines) is 1. The summed E-state index contributed by atoms with van der Waals surface area (Å²) < 4.78 is 1.90. The highest BCUT2D eigenvalue weighted by Gasteiger charge is 2.34. The Morgan fingerprint density at radius 3 is 2.59 bits per heavy atom. The van der Waals surface area contributed by atoms with Crippen LogP contribution < -0.4 is 4.90 Å². The number of hydrogen-bond acceptors (Lipinski definition) is 6. The van der Waals surface area contributed by atoms with Crippen molar-refractivity contribution in [2.45, 2.75) is 44.6 Å². The lowest BCUT2D eigenvalue weighted by atomic mass is 10.1. The predicted octanol–water partition coefficient (Wildman–Crippen LogP) is 4.00. The normalized spacial score (nSPS) is 19.3. The quantitative estimate of drug-likeness (QED) is 0.455. The van der Waals surface area contributed by atoms with E-state index >= 15 is 0 Å². The number of hydrogen-bond donors (Lipinski definition) is 0. The van der Waals surface area contributed by atoms with Crippen molar-refractivity contribution in [2.75, 3.05) is 24.5 Å². The molecule has 9 heteroatoms. The largest absolute Gasteiger partial charge is 0.366 e. The maximum Gasteiger partial charge on any atom is 0.293 e. The number of nitrogens with zero attached hydrogens (tertiary/aromatic N) is 6. The van der Waals surface area contributed by atoms with Gasteiger partial charge in [0.2, 0.25) is 0 Å². The van der Waals surface area contributed by atoms with Crippen molar-refractivity contribution in [1.29, 1.82) is 0 Å². The average molecular weight is 435 g/mol. The predicted molar refractivity (Wildman–Crippen MR) is 120 cm³/mol. The molecule has 2 aliphatic rings. The first-order valence-electron chi connectivity index (χ1n) is 11.3. The molecule has 0 saturated carbocycles. The molecule has 1 aromatic carbocycles. The number of anilines is 1. The molecule has 5 rings (SSSR count). The maximum atomic E-state index is 13.4. The van der Waals surface area contributed by atoms with Gasteiger partial charge < -0.3 is 9.80 Å². The first kappa shape index (κ1) is 20.4. The number of rotatable bonds is 4. The van der Waals surface area contributed by atoms with Crippen molar-refractivity contribution < 1.29 is 9.72 Å². The summed E-state index contributed by atoms with van der Waals surface area (Å²) in [7, 11) is 0. The van der Waals surface area contributed by atoms with Crippen molar-refractivity contribution in [3.05, 3.63) is 64.1 Å². The molecule has 166 valence electrons. The van der Waals surface area contributed by atoms with E-state index in [9.17, 15) is 14.9 Å². The molecule has 0 radical (unpaired) electrons. The zero-order valence-electron chi connectivity index (χ0n) is 17.9. The molecule has 2 fully saturated rings. The second kappa shape index (κ2) is 8.57. The van der Waals surface area contributed by atoms with E-state index in [-0.39, 0.29) is 22.6 Å².